The number of hydrogen-bond acceptors (Lipinski definition) is 8. The number of ether oxygens (including phenoxy) is 2. The summed E-state index contributed by atoms with van der Waals surface area (Å²) in [5.41, 5.74) is 2.18. The van der Waals surface area contributed by atoms with Gasteiger partial charge >= 0.3 is 5.97 Å². The molecule has 0 fully saturated rings. The van der Waals surface area contributed by atoms with Crippen molar-refractivity contribution in [2.24, 2.45) is 0 Å². The van der Waals surface area contributed by atoms with E-state index in [2.05, 4.69) is 20.5 Å². The van der Waals surface area contributed by atoms with Gasteiger partial charge in [-0.3, -0.25) is 9.89 Å². The number of benzene rings is 1. The highest BCUT2D eigenvalue weighted by Gasteiger charge is 2.28. The molecule has 2 heterocycles. The van der Waals surface area contributed by atoms with Crippen LogP contribution in [0.2, 0.25) is 5.02 Å². The van der Waals surface area contributed by atoms with Gasteiger partial charge in [-0.25, -0.2) is 9.78 Å². The van der Waals surface area contributed by atoms with Crippen molar-refractivity contribution in [2.75, 3.05) is 24.8 Å². The second kappa shape index (κ2) is 9.93. The first-order valence-corrected chi connectivity index (χ1v) is 12.2. The zero-order valence-electron chi connectivity index (χ0n) is 17.5. The predicted octanol–water partition coefficient (Wildman–Crippen LogP) is 4.59. The third-order valence-electron chi connectivity index (χ3n) is 4.87. The highest BCUT2D eigenvalue weighted by molar-refractivity contribution is 7.99. The predicted molar refractivity (Wildman–Crippen MR) is 125 cm³/mol. The molecule has 0 bridgehead atoms. The number of carbonyl (C=O) groups is 2. The van der Waals surface area contributed by atoms with Crippen LogP contribution >= 0.6 is 34.7 Å². The minimum atomic E-state index is -0.385. The van der Waals surface area contributed by atoms with Crippen LogP contribution in [-0.2, 0) is 22.4 Å². The third-order valence-corrected chi connectivity index (χ3v) is 7.16. The molecule has 1 aromatic carbocycles. The lowest BCUT2D eigenvalue weighted by atomic mass is 10.1. The number of carbonyl (C=O) groups excluding carboxylic acids is 2. The molecule has 0 spiro atoms. The molecule has 2 aromatic heterocycles. The Kier molecular flexibility index (Phi) is 7.02. The van der Waals surface area contributed by atoms with E-state index in [1.807, 2.05) is 0 Å². The van der Waals surface area contributed by atoms with E-state index < -0.39 is 0 Å². The fraction of sp³-hybridized carbons (Fsp3) is 0.333. The number of esters is 1. The molecule has 8 nitrogen and oxygen atoms in total. The molecule has 1 aliphatic rings. The minimum absolute atomic E-state index is 0.0921. The van der Waals surface area contributed by atoms with Crippen LogP contribution < -0.4 is 10.1 Å². The zero-order valence-corrected chi connectivity index (χ0v) is 19.9. The fourth-order valence-corrected chi connectivity index (χ4v) is 5.57. The molecule has 0 unspecified atom stereocenters. The summed E-state index contributed by atoms with van der Waals surface area (Å²) >= 11 is 8.72. The first-order chi connectivity index (χ1) is 15.5. The Morgan fingerprint density at radius 1 is 1.34 bits per heavy atom. The Morgan fingerprint density at radius 3 is 2.97 bits per heavy atom. The average molecular weight is 493 g/mol. The van der Waals surface area contributed by atoms with Gasteiger partial charge in [0.15, 0.2) is 5.82 Å². The lowest BCUT2D eigenvalue weighted by molar-refractivity contribution is -0.113. The summed E-state index contributed by atoms with van der Waals surface area (Å²) in [6.07, 6.45) is 2.77. The lowest BCUT2D eigenvalue weighted by Gasteiger charge is -2.07. The molecule has 4 rings (SSSR count). The van der Waals surface area contributed by atoms with E-state index in [0.717, 1.165) is 29.7 Å². The fourth-order valence-electron chi connectivity index (χ4n) is 3.50. The number of anilines is 1. The topological polar surface area (TPSA) is 106 Å². The van der Waals surface area contributed by atoms with Crippen molar-refractivity contribution in [2.45, 2.75) is 31.3 Å². The van der Waals surface area contributed by atoms with E-state index in [0.29, 0.717) is 37.9 Å². The van der Waals surface area contributed by atoms with Gasteiger partial charge in [0.2, 0.25) is 11.1 Å². The average Bonchev–Trinajstić information content (AvgIpc) is 3.48. The molecule has 0 saturated carbocycles. The maximum Gasteiger partial charge on any atom is 0.341 e. The lowest BCUT2D eigenvalue weighted by Crippen LogP contribution is -2.16. The van der Waals surface area contributed by atoms with Crippen LogP contribution in [0, 0.1) is 0 Å². The number of fused-ring (bicyclic) bond motifs is 1. The number of thioether (sulfide) groups is 1. The van der Waals surface area contributed by atoms with Gasteiger partial charge in [-0.1, -0.05) is 23.4 Å². The monoisotopic (exact) mass is 492 g/mol. The van der Waals surface area contributed by atoms with Crippen LogP contribution in [0.25, 0.3) is 11.4 Å². The van der Waals surface area contributed by atoms with Crippen molar-refractivity contribution in [1.29, 1.82) is 0 Å². The van der Waals surface area contributed by atoms with Crippen molar-refractivity contribution in [3.05, 3.63) is 39.2 Å². The second-order valence-electron chi connectivity index (χ2n) is 6.93. The van der Waals surface area contributed by atoms with Gasteiger partial charge in [-0.2, -0.15) is 0 Å². The summed E-state index contributed by atoms with van der Waals surface area (Å²) in [6.45, 7) is 2.06. The number of rotatable bonds is 8. The van der Waals surface area contributed by atoms with E-state index in [9.17, 15) is 9.59 Å². The summed E-state index contributed by atoms with van der Waals surface area (Å²) < 4.78 is 10.6. The SMILES string of the molecule is CCOC(=O)c1c(NC(=O)CSc2n[nH]c(-c3cc(Cl)ccc3OC)n2)sc2c1CCC2. The number of amides is 1. The van der Waals surface area contributed by atoms with Gasteiger partial charge < -0.3 is 14.8 Å². The number of aromatic nitrogens is 3. The van der Waals surface area contributed by atoms with Gasteiger partial charge in [-0.05, 0) is 49.9 Å². The van der Waals surface area contributed by atoms with Crippen LogP contribution in [0.3, 0.4) is 0 Å². The zero-order chi connectivity index (χ0) is 22.7. The molecular weight excluding hydrogens is 472 g/mol. The molecule has 1 amide bonds. The number of methoxy groups -OCH3 is 1. The Balaban J connectivity index is 1.43. The normalized spacial score (nSPS) is 12.5. The van der Waals surface area contributed by atoms with E-state index in [1.54, 1.807) is 32.2 Å². The molecule has 0 aliphatic heterocycles. The molecule has 2 N–H and O–H groups in total. The van der Waals surface area contributed by atoms with Gasteiger partial charge in [0.25, 0.3) is 0 Å². The number of thiophene rings is 1. The summed E-state index contributed by atoms with van der Waals surface area (Å²) in [5.74, 6) is 0.564. The van der Waals surface area contributed by atoms with Crippen molar-refractivity contribution in [3.8, 4) is 17.1 Å². The number of hydrogen-bond donors (Lipinski definition) is 2. The summed E-state index contributed by atoms with van der Waals surface area (Å²) in [4.78, 5) is 30.6. The van der Waals surface area contributed by atoms with Crippen LogP contribution in [0.5, 0.6) is 5.75 Å². The van der Waals surface area contributed by atoms with E-state index in [-0.39, 0.29) is 24.2 Å². The Hall–Kier alpha value is -2.56. The number of aryl methyl sites for hydroxylation is 1. The first kappa shape index (κ1) is 22.6. The molecule has 0 radical (unpaired) electrons. The quantitative estimate of drug-likeness (QED) is 0.350. The smallest absolute Gasteiger partial charge is 0.341 e. The van der Waals surface area contributed by atoms with Gasteiger partial charge in [-0.15, -0.1) is 16.4 Å². The van der Waals surface area contributed by atoms with Crippen LogP contribution in [0.15, 0.2) is 23.4 Å². The maximum atomic E-state index is 12.6. The molecule has 32 heavy (non-hydrogen) atoms. The summed E-state index contributed by atoms with van der Waals surface area (Å²) in [5, 5.41) is 11.4. The maximum absolute atomic E-state index is 12.6. The molecule has 11 heteroatoms. The van der Waals surface area contributed by atoms with E-state index in [4.69, 9.17) is 21.1 Å². The highest BCUT2D eigenvalue weighted by atomic mass is 35.5. The van der Waals surface area contributed by atoms with Crippen LogP contribution in [0.1, 0.15) is 34.1 Å². The number of aromatic amines is 1. The van der Waals surface area contributed by atoms with Crippen LogP contribution in [0.4, 0.5) is 5.00 Å². The first-order valence-electron chi connectivity index (χ1n) is 10.0. The Bertz CT molecular complexity index is 1160. The van der Waals surface area contributed by atoms with Crippen LogP contribution in [-0.4, -0.2) is 46.5 Å². The van der Waals surface area contributed by atoms with E-state index >= 15 is 0 Å². The number of H-pyrrole nitrogens is 1. The van der Waals surface area contributed by atoms with Crippen molar-refractivity contribution in [3.63, 3.8) is 0 Å². The molecule has 0 saturated heterocycles. The summed E-state index contributed by atoms with van der Waals surface area (Å²) in [6, 6.07) is 5.21. The molecule has 1 aliphatic carbocycles. The minimum Gasteiger partial charge on any atom is -0.496 e. The Morgan fingerprint density at radius 2 is 2.19 bits per heavy atom. The molecule has 0 atom stereocenters. The van der Waals surface area contributed by atoms with Crippen molar-refractivity contribution >= 4 is 51.6 Å². The standard InChI is InChI=1S/C21H21ClN4O4S2/c1-3-30-20(28)17-12-5-4-6-15(12)32-19(17)23-16(27)10-31-21-24-18(25-26-21)13-9-11(22)7-8-14(13)29-2/h7-9H,3-6,10H2,1-2H3,(H,23,27)(H,24,25,26). The van der Waals surface area contributed by atoms with Gasteiger partial charge in [0.1, 0.15) is 10.8 Å². The highest BCUT2D eigenvalue weighted by Crippen LogP contribution is 2.39. The van der Waals surface area contributed by atoms with E-state index in [1.165, 1.54) is 23.1 Å². The van der Waals surface area contributed by atoms with Gasteiger partial charge in [0, 0.05) is 9.90 Å². The van der Waals surface area contributed by atoms with Crippen molar-refractivity contribution in [1.82, 2.24) is 15.2 Å². The second-order valence-corrected chi connectivity index (χ2v) is 9.41. The third kappa shape index (κ3) is 4.77. The molecular formula is C21H21ClN4O4S2. The molecule has 168 valence electrons. The summed E-state index contributed by atoms with van der Waals surface area (Å²) in [7, 11) is 1.56. The number of halogens is 1. The number of nitrogens with zero attached hydrogens (tertiary/aromatic N) is 2. The van der Waals surface area contributed by atoms with Gasteiger partial charge in [0.05, 0.1) is 30.6 Å². The number of nitrogens with one attached hydrogen (secondary N) is 2. The molecule has 3 aromatic rings. The largest absolute Gasteiger partial charge is 0.496 e. The Labute approximate surface area is 198 Å². The van der Waals surface area contributed by atoms with Crippen molar-refractivity contribution < 1.29 is 19.1 Å².